The van der Waals surface area contributed by atoms with Gasteiger partial charge in [-0.25, -0.2) is 9.97 Å². The van der Waals surface area contributed by atoms with Crippen LogP contribution in [0.5, 0.6) is 0 Å². The predicted octanol–water partition coefficient (Wildman–Crippen LogP) is 3.70. The van der Waals surface area contributed by atoms with Crippen molar-refractivity contribution in [1.29, 1.82) is 0 Å². The second kappa shape index (κ2) is 6.96. The molecule has 1 fully saturated rings. The molecule has 1 saturated heterocycles. The van der Waals surface area contributed by atoms with Crippen LogP contribution in [0.3, 0.4) is 0 Å². The molecule has 3 aromatic rings. The number of fused-ring (bicyclic) bond motifs is 2. The molecule has 1 aliphatic heterocycles. The highest BCUT2D eigenvalue weighted by Crippen LogP contribution is 2.31. The molecule has 3 heterocycles. The Morgan fingerprint density at radius 3 is 2.93 bits per heavy atom. The van der Waals surface area contributed by atoms with Crippen molar-refractivity contribution in [2.24, 2.45) is 0 Å². The van der Waals surface area contributed by atoms with Crippen LogP contribution in [0.15, 0.2) is 24.3 Å². The van der Waals surface area contributed by atoms with E-state index in [2.05, 4.69) is 39.8 Å². The summed E-state index contributed by atoms with van der Waals surface area (Å²) in [7, 11) is 1.94. The number of hydrogen-bond acceptors (Lipinski definition) is 7. The average molecular weight is 381 g/mol. The average Bonchev–Trinajstić information content (AvgIpc) is 3.34. The van der Waals surface area contributed by atoms with Gasteiger partial charge in [0.05, 0.1) is 15.9 Å². The number of rotatable bonds is 4. The number of thiazole rings is 1. The van der Waals surface area contributed by atoms with Gasteiger partial charge < -0.3 is 15.5 Å². The van der Waals surface area contributed by atoms with Crippen molar-refractivity contribution in [2.75, 3.05) is 35.7 Å². The molecule has 0 bridgehead atoms. The predicted molar refractivity (Wildman–Crippen MR) is 112 cm³/mol. The molecule has 5 rings (SSSR count). The molecule has 0 unspecified atom stereocenters. The lowest BCUT2D eigenvalue weighted by Crippen LogP contribution is -2.42. The van der Waals surface area contributed by atoms with E-state index < -0.39 is 0 Å². The van der Waals surface area contributed by atoms with Crippen molar-refractivity contribution in [2.45, 2.75) is 38.1 Å². The minimum Gasteiger partial charge on any atom is -0.373 e. The summed E-state index contributed by atoms with van der Waals surface area (Å²) >= 11 is 1.78. The molecular formula is C20H24N6S. The van der Waals surface area contributed by atoms with Crippen LogP contribution in [0.1, 0.15) is 30.5 Å². The van der Waals surface area contributed by atoms with E-state index in [4.69, 9.17) is 15.0 Å². The number of para-hydroxylation sites is 1. The van der Waals surface area contributed by atoms with Crippen molar-refractivity contribution in [3.8, 4) is 0 Å². The first-order valence-electron chi connectivity index (χ1n) is 9.75. The fraction of sp³-hybridized carbons (Fsp3) is 0.450. The Bertz CT molecular complexity index is 935. The van der Waals surface area contributed by atoms with Crippen LogP contribution in [0.2, 0.25) is 0 Å². The van der Waals surface area contributed by atoms with E-state index in [0.717, 1.165) is 61.2 Å². The third-order valence-electron chi connectivity index (χ3n) is 5.48. The number of nitrogens with one attached hydrogen (secondary N) is 2. The van der Waals surface area contributed by atoms with Crippen LogP contribution in [-0.4, -0.2) is 41.1 Å². The Hall–Kier alpha value is -2.41. The van der Waals surface area contributed by atoms with Gasteiger partial charge in [-0.1, -0.05) is 23.5 Å². The van der Waals surface area contributed by atoms with Crippen molar-refractivity contribution in [3.63, 3.8) is 0 Å². The van der Waals surface area contributed by atoms with E-state index in [0.29, 0.717) is 6.04 Å². The first kappa shape index (κ1) is 16.7. The van der Waals surface area contributed by atoms with Gasteiger partial charge >= 0.3 is 0 Å². The van der Waals surface area contributed by atoms with Gasteiger partial charge in [0.1, 0.15) is 5.82 Å². The summed E-state index contributed by atoms with van der Waals surface area (Å²) in [5.41, 5.74) is 3.59. The second-order valence-electron chi connectivity index (χ2n) is 7.32. The molecule has 2 aromatic heterocycles. The normalized spacial score (nSPS) is 19.3. The van der Waals surface area contributed by atoms with Crippen LogP contribution in [0.25, 0.3) is 10.2 Å². The van der Waals surface area contributed by atoms with Gasteiger partial charge in [0.15, 0.2) is 5.13 Å². The zero-order valence-corrected chi connectivity index (χ0v) is 16.4. The fourth-order valence-electron chi connectivity index (χ4n) is 4.15. The molecule has 2 aliphatic rings. The lowest BCUT2D eigenvalue weighted by atomic mass is 10.1. The Kier molecular flexibility index (Phi) is 4.32. The molecule has 7 heteroatoms. The van der Waals surface area contributed by atoms with E-state index in [1.54, 1.807) is 11.3 Å². The topological polar surface area (TPSA) is 66.0 Å². The maximum Gasteiger partial charge on any atom is 0.225 e. The van der Waals surface area contributed by atoms with Gasteiger partial charge in [-0.2, -0.15) is 4.98 Å². The number of aromatic nitrogens is 3. The van der Waals surface area contributed by atoms with Gasteiger partial charge in [0.2, 0.25) is 5.95 Å². The summed E-state index contributed by atoms with van der Waals surface area (Å²) < 4.78 is 1.25. The lowest BCUT2D eigenvalue weighted by molar-refractivity contribution is 0.527. The Morgan fingerprint density at radius 2 is 2.04 bits per heavy atom. The molecule has 0 radical (unpaired) electrons. The molecule has 1 aromatic carbocycles. The van der Waals surface area contributed by atoms with E-state index in [-0.39, 0.29) is 0 Å². The highest BCUT2D eigenvalue weighted by atomic mass is 32.1. The smallest absolute Gasteiger partial charge is 0.225 e. The summed E-state index contributed by atoms with van der Waals surface area (Å²) in [6, 6.07) is 8.71. The zero-order valence-electron chi connectivity index (χ0n) is 15.5. The van der Waals surface area contributed by atoms with Crippen molar-refractivity contribution in [1.82, 2.24) is 15.0 Å². The first-order valence-corrected chi connectivity index (χ1v) is 10.6. The minimum absolute atomic E-state index is 0.343. The zero-order chi connectivity index (χ0) is 18.2. The summed E-state index contributed by atoms with van der Waals surface area (Å²) in [6.07, 6.45) is 5.61. The van der Waals surface area contributed by atoms with E-state index in [9.17, 15) is 0 Å². The highest BCUT2D eigenvalue weighted by molar-refractivity contribution is 7.22. The van der Waals surface area contributed by atoms with Gasteiger partial charge in [0, 0.05) is 31.7 Å². The standard InChI is InChI=1S/C20H24N6S/c1-21-18-14-7-4-9-15(14)23-19(25-18)22-13-6-5-11-26(12-13)20-24-16-8-2-3-10-17(16)27-20/h2-3,8,10,13H,4-7,9,11-12H2,1H3,(H2,21,22,23,25)/t13-/m0/s1. The number of hydrogen-bond donors (Lipinski definition) is 2. The number of nitrogens with zero attached hydrogens (tertiary/aromatic N) is 4. The van der Waals surface area contributed by atoms with E-state index >= 15 is 0 Å². The molecule has 2 N–H and O–H groups in total. The molecule has 6 nitrogen and oxygen atoms in total. The molecule has 0 amide bonds. The van der Waals surface area contributed by atoms with Crippen molar-refractivity contribution >= 4 is 38.5 Å². The lowest BCUT2D eigenvalue weighted by Gasteiger charge is -2.33. The first-order chi connectivity index (χ1) is 13.3. The molecule has 0 spiro atoms. The number of anilines is 3. The summed E-state index contributed by atoms with van der Waals surface area (Å²) in [5.74, 6) is 1.75. The summed E-state index contributed by atoms with van der Waals surface area (Å²) in [6.45, 7) is 2.00. The maximum absolute atomic E-state index is 4.83. The van der Waals surface area contributed by atoms with Crippen LogP contribution >= 0.6 is 11.3 Å². The van der Waals surface area contributed by atoms with Gasteiger partial charge in [-0.15, -0.1) is 0 Å². The molecule has 1 aliphatic carbocycles. The molecule has 1 atom stereocenters. The molecular weight excluding hydrogens is 356 g/mol. The molecule has 0 saturated carbocycles. The van der Waals surface area contributed by atoms with Gasteiger partial charge in [-0.05, 0) is 44.2 Å². The van der Waals surface area contributed by atoms with E-state index in [1.807, 2.05) is 7.05 Å². The van der Waals surface area contributed by atoms with Gasteiger partial charge in [-0.3, -0.25) is 0 Å². The van der Waals surface area contributed by atoms with Crippen molar-refractivity contribution < 1.29 is 0 Å². The third kappa shape index (κ3) is 3.20. The third-order valence-corrected chi connectivity index (χ3v) is 6.57. The Labute approximate surface area is 163 Å². The largest absolute Gasteiger partial charge is 0.373 e. The number of piperidine rings is 1. The maximum atomic E-state index is 4.83. The number of benzene rings is 1. The van der Waals surface area contributed by atoms with Gasteiger partial charge in [0.25, 0.3) is 0 Å². The quantitative estimate of drug-likeness (QED) is 0.719. The monoisotopic (exact) mass is 380 g/mol. The Morgan fingerprint density at radius 1 is 1.11 bits per heavy atom. The SMILES string of the molecule is CNc1nc(N[C@H]2CCCN(c3nc4ccccc4s3)C2)nc2c1CCC2. The summed E-state index contributed by atoms with van der Waals surface area (Å²) in [5, 5.41) is 7.96. The number of aryl methyl sites for hydroxylation is 1. The fourth-order valence-corrected chi connectivity index (χ4v) is 5.15. The minimum atomic E-state index is 0.343. The highest BCUT2D eigenvalue weighted by Gasteiger charge is 2.24. The Balaban J connectivity index is 1.34. The molecule has 27 heavy (non-hydrogen) atoms. The second-order valence-corrected chi connectivity index (χ2v) is 8.33. The van der Waals surface area contributed by atoms with Crippen LogP contribution in [0, 0.1) is 0 Å². The van der Waals surface area contributed by atoms with Crippen molar-refractivity contribution in [3.05, 3.63) is 35.5 Å². The van der Waals surface area contributed by atoms with E-state index in [1.165, 1.54) is 22.4 Å². The van der Waals surface area contributed by atoms with Crippen LogP contribution < -0.4 is 15.5 Å². The molecule has 140 valence electrons. The van der Waals surface area contributed by atoms with Crippen LogP contribution in [-0.2, 0) is 12.8 Å². The summed E-state index contributed by atoms with van der Waals surface area (Å²) in [4.78, 5) is 16.7. The van der Waals surface area contributed by atoms with Crippen LogP contribution in [0.4, 0.5) is 16.9 Å².